The van der Waals surface area contributed by atoms with Crippen molar-refractivity contribution >= 4 is 5.57 Å². The van der Waals surface area contributed by atoms with Crippen molar-refractivity contribution in [1.29, 1.82) is 0 Å². The second-order valence-electron chi connectivity index (χ2n) is 5.55. The fourth-order valence-corrected chi connectivity index (χ4v) is 2.97. The third-order valence-corrected chi connectivity index (χ3v) is 4.07. The standard InChI is InChI=1S/C19H18F2/c1-2-4-13-7-9-17(19(21)11-13)15-8-10-16-14(12-15)5-3-6-18(16)20/h3,5-9,11H,2,4,10,12H2,1H3. The van der Waals surface area contributed by atoms with E-state index in [1.807, 2.05) is 24.3 Å². The Hall–Kier alpha value is -1.96. The van der Waals surface area contributed by atoms with E-state index in [1.54, 1.807) is 12.1 Å². The summed E-state index contributed by atoms with van der Waals surface area (Å²) in [5.74, 6) is -0.339. The minimum Gasteiger partial charge on any atom is -0.207 e. The van der Waals surface area contributed by atoms with Gasteiger partial charge in [0.05, 0.1) is 0 Å². The van der Waals surface area contributed by atoms with Crippen molar-refractivity contribution in [2.24, 2.45) is 0 Å². The Balaban J connectivity index is 1.91. The van der Waals surface area contributed by atoms with Crippen LogP contribution in [0.1, 0.15) is 35.6 Å². The van der Waals surface area contributed by atoms with Crippen LogP contribution in [0.4, 0.5) is 8.78 Å². The van der Waals surface area contributed by atoms with Gasteiger partial charge in [0.25, 0.3) is 0 Å². The fraction of sp³-hybridized carbons (Fsp3) is 0.263. The molecule has 0 spiro atoms. The molecule has 2 heteroatoms. The summed E-state index contributed by atoms with van der Waals surface area (Å²) in [5.41, 5.74) is 4.33. The minimum absolute atomic E-state index is 0.165. The van der Waals surface area contributed by atoms with Gasteiger partial charge in [0.2, 0.25) is 0 Å². The van der Waals surface area contributed by atoms with Crippen LogP contribution in [0.3, 0.4) is 0 Å². The molecule has 0 fully saturated rings. The van der Waals surface area contributed by atoms with Gasteiger partial charge >= 0.3 is 0 Å². The molecular weight excluding hydrogens is 266 g/mol. The van der Waals surface area contributed by atoms with E-state index in [-0.39, 0.29) is 11.6 Å². The van der Waals surface area contributed by atoms with Crippen LogP contribution in [0.2, 0.25) is 0 Å². The normalized spacial score (nSPS) is 13.8. The van der Waals surface area contributed by atoms with Crippen molar-refractivity contribution < 1.29 is 8.78 Å². The molecule has 0 heterocycles. The van der Waals surface area contributed by atoms with Crippen LogP contribution in [-0.2, 0) is 19.3 Å². The van der Waals surface area contributed by atoms with Gasteiger partial charge in [-0.05, 0) is 53.7 Å². The number of hydrogen-bond donors (Lipinski definition) is 0. The summed E-state index contributed by atoms with van der Waals surface area (Å²) >= 11 is 0. The minimum atomic E-state index is -0.174. The van der Waals surface area contributed by atoms with E-state index in [2.05, 4.69) is 6.92 Å². The molecule has 2 aromatic rings. The molecule has 108 valence electrons. The van der Waals surface area contributed by atoms with Crippen molar-refractivity contribution in [2.75, 3.05) is 0 Å². The maximum absolute atomic E-state index is 14.3. The molecule has 1 aliphatic rings. The van der Waals surface area contributed by atoms with Crippen molar-refractivity contribution in [1.82, 2.24) is 0 Å². The van der Waals surface area contributed by atoms with Gasteiger partial charge in [0.15, 0.2) is 0 Å². The van der Waals surface area contributed by atoms with Gasteiger partial charge in [0, 0.05) is 5.56 Å². The lowest BCUT2D eigenvalue weighted by molar-refractivity contribution is 0.610. The van der Waals surface area contributed by atoms with Gasteiger partial charge in [-0.2, -0.15) is 0 Å². The lowest BCUT2D eigenvalue weighted by atomic mass is 9.87. The van der Waals surface area contributed by atoms with Gasteiger partial charge < -0.3 is 0 Å². The zero-order chi connectivity index (χ0) is 14.8. The second-order valence-corrected chi connectivity index (χ2v) is 5.55. The van der Waals surface area contributed by atoms with Gasteiger partial charge in [-0.25, -0.2) is 8.78 Å². The monoisotopic (exact) mass is 284 g/mol. The first-order chi connectivity index (χ1) is 10.2. The summed E-state index contributed by atoms with van der Waals surface area (Å²) < 4.78 is 28.0. The van der Waals surface area contributed by atoms with Crippen molar-refractivity contribution in [3.63, 3.8) is 0 Å². The first kappa shape index (κ1) is 14.0. The Labute approximate surface area is 124 Å². The first-order valence-corrected chi connectivity index (χ1v) is 7.43. The summed E-state index contributed by atoms with van der Waals surface area (Å²) in [5, 5.41) is 0. The van der Waals surface area contributed by atoms with Gasteiger partial charge in [-0.3, -0.25) is 0 Å². The molecular formula is C19H18F2. The molecule has 2 aromatic carbocycles. The van der Waals surface area contributed by atoms with E-state index in [0.29, 0.717) is 18.4 Å². The number of aryl methyl sites for hydroxylation is 1. The maximum atomic E-state index is 14.3. The highest BCUT2D eigenvalue weighted by Gasteiger charge is 2.17. The van der Waals surface area contributed by atoms with Crippen LogP contribution in [0.5, 0.6) is 0 Å². The topological polar surface area (TPSA) is 0 Å². The van der Waals surface area contributed by atoms with Gasteiger partial charge in [-0.15, -0.1) is 0 Å². The molecule has 3 rings (SSSR count). The summed E-state index contributed by atoms with van der Waals surface area (Å²) in [6.45, 7) is 2.08. The molecule has 0 saturated heterocycles. The molecule has 0 nitrogen and oxygen atoms in total. The number of fused-ring (bicyclic) bond motifs is 1. The predicted octanol–water partition coefficient (Wildman–Crippen LogP) is 5.10. The fourth-order valence-electron chi connectivity index (χ4n) is 2.97. The Bertz CT molecular complexity index is 699. The van der Waals surface area contributed by atoms with E-state index >= 15 is 0 Å². The molecule has 1 aliphatic carbocycles. The zero-order valence-corrected chi connectivity index (χ0v) is 12.1. The Morgan fingerprint density at radius 3 is 2.67 bits per heavy atom. The number of hydrogen-bond acceptors (Lipinski definition) is 0. The number of halogens is 2. The van der Waals surface area contributed by atoms with Crippen molar-refractivity contribution in [2.45, 2.75) is 32.6 Å². The van der Waals surface area contributed by atoms with Crippen LogP contribution >= 0.6 is 0 Å². The molecule has 0 N–H and O–H groups in total. The molecule has 0 atom stereocenters. The molecule has 21 heavy (non-hydrogen) atoms. The van der Waals surface area contributed by atoms with Crippen LogP contribution in [0.15, 0.2) is 42.5 Å². The Kier molecular flexibility index (Phi) is 3.87. The van der Waals surface area contributed by atoms with E-state index < -0.39 is 0 Å². The second kappa shape index (κ2) is 5.80. The van der Waals surface area contributed by atoms with Crippen LogP contribution in [-0.4, -0.2) is 0 Å². The Morgan fingerprint density at radius 2 is 1.90 bits per heavy atom. The summed E-state index contributed by atoms with van der Waals surface area (Å²) in [4.78, 5) is 0. The molecule has 0 radical (unpaired) electrons. The highest BCUT2D eigenvalue weighted by atomic mass is 19.1. The number of benzene rings is 2. The third kappa shape index (κ3) is 2.76. The number of rotatable bonds is 3. The quantitative estimate of drug-likeness (QED) is 0.735. The van der Waals surface area contributed by atoms with E-state index in [0.717, 1.165) is 35.1 Å². The van der Waals surface area contributed by atoms with Crippen LogP contribution in [0, 0.1) is 11.6 Å². The first-order valence-electron chi connectivity index (χ1n) is 7.43. The smallest absolute Gasteiger partial charge is 0.130 e. The zero-order valence-electron chi connectivity index (χ0n) is 12.1. The summed E-state index contributed by atoms with van der Waals surface area (Å²) in [6, 6.07) is 10.6. The highest BCUT2D eigenvalue weighted by Crippen LogP contribution is 2.30. The van der Waals surface area contributed by atoms with E-state index in [4.69, 9.17) is 0 Å². The maximum Gasteiger partial charge on any atom is 0.130 e. The number of allylic oxidation sites excluding steroid dienone is 2. The molecule has 0 aromatic heterocycles. The molecule has 0 bridgehead atoms. The van der Waals surface area contributed by atoms with Crippen molar-refractivity contribution in [3.8, 4) is 0 Å². The molecule has 0 amide bonds. The molecule has 0 aliphatic heterocycles. The summed E-state index contributed by atoms with van der Waals surface area (Å²) in [7, 11) is 0. The van der Waals surface area contributed by atoms with E-state index in [1.165, 1.54) is 6.07 Å². The van der Waals surface area contributed by atoms with Crippen molar-refractivity contribution in [3.05, 3.63) is 76.4 Å². The Morgan fingerprint density at radius 1 is 1.05 bits per heavy atom. The third-order valence-electron chi connectivity index (χ3n) is 4.07. The predicted molar refractivity (Wildman–Crippen MR) is 82.2 cm³/mol. The largest absolute Gasteiger partial charge is 0.207 e. The lowest BCUT2D eigenvalue weighted by Crippen LogP contribution is -2.06. The van der Waals surface area contributed by atoms with Crippen LogP contribution < -0.4 is 0 Å². The average Bonchev–Trinajstić information content (AvgIpc) is 2.48. The highest BCUT2D eigenvalue weighted by molar-refractivity contribution is 5.71. The molecule has 0 unspecified atom stereocenters. The van der Waals surface area contributed by atoms with Gasteiger partial charge in [-0.1, -0.05) is 43.7 Å². The molecule has 0 saturated carbocycles. The van der Waals surface area contributed by atoms with E-state index in [9.17, 15) is 8.78 Å². The average molecular weight is 284 g/mol. The lowest BCUT2D eigenvalue weighted by Gasteiger charge is -2.18. The SMILES string of the molecule is CCCc1ccc(C2=CCc3c(F)cccc3C2)c(F)c1. The summed E-state index contributed by atoms with van der Waals surface area (Å²) in [6.07, 6.45) is 4.98. The van der Waals surface area contributed by atoms with Crippen LogP contribution in [0.25, 0.3) is 5.57 Å². The van der Waals surface area contributed by atoms with Gasteiger partial charge in [0.1, 0.15) is 11.6 Å².